The third kappa shape index (κ3) is 5.93. The van der Waals surface area contributed by atoms with Crippen molar-refractivity contribution in [3.63, 3.8) is 0 Å². The molecule has 0 spiro atoms. The molecule has 244 valence electrons. The molecule has 4 aromatic carbocycles. The number of ketones is 1. The SMILES string of the molecule is CCN(CC)c1cc(CN2CN(c3ccc(C(c4ccccc4)(c4ccccc4)c4ccccc4)cc3)C(C(=O)C=O)C2(C)C)ccn1. The number of hydrogen-bond acceptors (Lipinski definition) is 6. The Labute approximate surface area is 284 Å². The van der Waals surface area contributed by atoms with Gasteiger partial charge in [-0.15, -0.1) is 0 Å². The van der Waals surface area contributed by atoms with Gasteiger partial charge < -0.3 is 9.80 Å². The number of anilines is 2. The monoisotopic (exact) mass is 636 g/mol. The maximum Gasteiger partial charge on any atom is 0.219 e. The highest BCUT2D eigenvalue weighted by Gasteiger charge is 2.50. The van der Waals surface area contributed by atoms with Gasteiger partial charge in [0.25, 0.3) is 0 Å². The smallest absolute Gasteiger partial charge is 0.219 e. The second kappa shape index (κ2) is 14.0. The highest BCUT2D eigenvalue weighted by Crippen LogP contribution is 2.46. The zero-order chi connectivity index (χ0) is 33.7. The lowest BCUT2D eigenvalue weighted by molar-refractivity contribution is -0.131. The number of carbonyl (C=O) groups excluding carboxylic acids is 2. The van der Waals surface area contributed by atoms with Crippen LogP contribution >= 0.6 is 0 Å². The number of nitrogens with zero attached hydrogens (tertiary/aromatic N) is 4. The average Bonchev–Trinajstić information content (AvgIpc) is 3.39. The van der Waals surface area contributed by atoms with Crippen molar-refractivity contribution < 1.29 is 9.59 Å². The van der Waals surface area contributed by atoms with Gasteiger partial charge in [-0.1, -0.05) is 103 Å². The van der Waals surface area contributed by atoms with E-state index in [0.29, 0.717) is 19.5 Å². The fourth-order valence-electron chi connectivity index (χ4n) is 7.52. The number of Topliss-reactive ketones (excluding diaryl/α,β-unsaturated/α-hetero) is 1. The molecule has 0 amide bonds. The first-order valence-corrected chi connectivity index (χ1v) is 16.8. The van der Waals surface area contributed by atoms with Crippen LogP contribution < -0.4 is 9.80 Å². The Balaban J connectivity index is 1.41. The molecule has 2 heterocycles. The van der Waals surface area contributed by atoms with E-state index in [1.165, 1.54) is 16.7 Å². The van der Waals surface area contributed by atoms with E-state index < -0.39 is 22.8 Å². The van der Waals surface area contributed by atoms with Crippen molar-refractivity contribution in [2.45, 2.75) is 51.2 Å². The molecule has 1 aromatic heterocycles. The lowest BCUT2D eigenvalue weighted by atomic mass is 9.65. The number of aromatic nitrogens is 1. The lowest BCUT2D eigenvalue weighted by Gasteiger charge is -2.37. The molecule has 1 fully saturated rings. The molecule has 6 rings (SSSR count). The van der Waals surface area contributed by atoms with E-state index in [9.17, 15) is 9.59 Å². The van der Waals surface area contributed by atoms with Gasteiger partial charge in [0.15, 0.2) is 6.29 Å². The van der Waals surface area contributed by atoms with E-state index in [1.807, 2.05) is 12.3 Å². The Bertz CT molecular complexity index is 1720. The van der Waals surface area contributed by atoms with Crippen molar-refractivity contribution in [2.24, 2.45) is 0 Å². The molecular formula is C42H44N4O2. The molecule has 1 saturated heterocycles. The van der Waals surface area contributed by atoms with Crippen LogP contribution in [0.25, 0.3) is 0 Å². The fourth-order valence-corrected chi connectivity index (χ4v) is 7.52. The van der Waals surface area contributed by atoms with Crippen LogP contribution in [0.5, 0.6) is 0 Å². The highest BCUT2D eigenvalue weighted by molar-refractivity contribution is 6.28. The fraction of sp³-hybridized carbons (Fsp3) is 0.262. The summed E-state index contributed by atoms with van der Waals surface area (Å²) in [7, 11) is 0. The molecule has 6 heteroatoms. The van der Waals surface area contributed by atoms with Gasteiger partial charge in [-0.2, -0.15) is 0 Å². The van der Waals surface area contributed by atoms with Gasteiger partial charge in [-0.3, -0.25) is 14.5 Å². The predicted octanol–water partition coefficient (Wildman–Crippen LogP) is 7.51. The summed E-state index contributed by atoms with van der Waals surface area (Å²) in [5.41, 5.74) is 5.46. The second-order valence-electron chi connectivity index (χ2n) is 13.0. The number of carbonyl (C=O) groups is 2. The summed E-state index contributed by atoms with van der Waals surface area (Å²) >= 11 is 0. The van der Waals surface area contributed by atoms with Gasteiger partial charge in [0, 0.05) is 37.1 Å². The summed E-state index contributed by atoms with van der Waals surface area (Å²) in [5, 5.41) is 0. The third-order valence-electron chi connectivity index (χ3n) is 10.0. The molecular weight excluding hydrogens is 592 g/mol. The van der Waals surface area contributed by atoms with Crippen LogP contribution in [0.4, 0.5) is 11.5 Å². The number of hydrogen-bond donors (Lipinski definition) is 0. The van der Waals surface area contributed by atoms with Gasteiger partial charge in [0.05, 0.1) is 12.1 Å². The van der Waals surface area contributed by atoms with Crippen LogP contribution in [-0.2, 0) is 21.5 Å². The van der Waals surface area contributed by atoms with E-state index in [-0.39, 0.29) is 0 Å². The molecule has 0 saturated carbocycles. The van der Waals surface area contributed by atoms with Crippen LogP contribution in [0.1, 0.15) is 55.5 Å². The van der Waals surface area contributed by atoms with E-state index in [4.69, 9.17) is 0 Å². The lowest BCUT2D eigenvalue weighted by Crippen LogP contribution is -2.51. The van der Waals surface area contributed by atoms with Gasteiger partial charge in [0.1, 0.15) is 11.9 Å². The van der Waals surface area contributed by atoms with Crippen LogP contribution in [0.2, 0.25) is 0 Å². The minimum absolute atomic E-state index is 0.419. The Morgan fingerprint density at radius 1 is 0.792 bits per heavy atom. The molecule has 1 aliphatic heterocycles. The Morgan fingerprint density at radius 2 is 1.29 bits per heavy atom. The van der Waals surface area contributed by atoms with Crippen LogP contribution in [0.15, 0.2) is 134 Å². The van der Waals surface area contributed by atoms with Gasteiger partial charge in [0.2, 0.25) is 5.78 Å². The standard InChI is InChI=1S/C42H44N4O2/c1-5-44(6-2)39-28-32(26-27-43-39)29-45-31-46(40(38(48)30-47)41(45,3)4)37-24-22-36(23-25-37)42(33-16-10-7-11-17-33,34-18-12-8-13-19-34)35-20-14-9-15-21-35/h7-28,30,40H,5-6,29,31H2,1-4H3. The van der Waals surface area contributed by atoms with Crippen molar-refractivity contribution in [1.29, 1.82) is 0 Å². The van der Waals surface area contributed by atoms with Crippen LogP contribution in [0, 0.1) is 0 Å². The van der Waals surface area contributed by atoms with Crippen molar-refractivity contribution in [3.8, 4) is 0 Å². The largest absolute Gasteiger partial charge is 0.357 e. The minimum Gasteiger partial charge on any atom is -0.357 e. The van der Waals surface area contributed by atoms with Gasteiger partial charge >= 0.3 is 0 Å². The van der Waals surface area contributed by atoms with E-state index in [1.54, 1.807) is 0 Å². The number of benzene rings is 4. The summed E-state index contributed by atoms with van der Waals surface area (Å²) < 4.78 is 0. The summed E-state index contributed by atoms with van der Waals surface area (Å²) in [6.07, 6.45) is 2.34. The first kappa shape index (κ1) is 32.9. The average molecular weight is 637 g/mol. The number of rotatable bonds is 12. The number of pyridine rings is 1. The zero-order valence-corrected chi connectivity index (χ0v) is 28.3. The quantitative estimate of drug-likeness (QED) is 0.0803. The predicted molar refractivity (Wildman–Crippen MR) is 194 cm³/mol. The molecule has 1 unspecified atom stereocenters. The minimum atomic E-state index is -0.632. The Kier molecular flexibility index (Phi) is 9.56. The Hall–Kier alpha value is -5.07. The van der Waals surface area contributed by atoms with Gasteiger partial charge in [-0.25, -0.2) is 4.98 Å². The summed E-state index contributed by atoms with van der Waals surface area (Å²) in [6.45, 7) is 11.3. The van der Waals surface area contributed by atoms with Crippen molar-refractivity contribution in [2.75, 3.05) is 29.6 Å². The van der Waals surface area contributed by atoms with Crippen LogP contribution in [-0.4, -0.2) is 53.3 Å². The first-order chi connectivity index (χ1) is 23.3. The Morgan fingerprint density at radius 3 is 1.77 bits per heavy atom. The van der Waals surface area contributed by atoms with Crippen molar-refractivity contribution >= 4 is 23.6 Å². The maximum atomic E-state index is 13.4. The van der Waals surface area contributed by atoms with Gasteiger partial charge in [-0.05, 0) is 79.8 Å². The highest BCUT2D eigenvalue weighted by atomic mass is 16.2. The third-order valence-corrected chi connectivity index (χ3v) is 10.0. The van der Waals surface area contributed by atoms with Crippen molar-refractivity contribution in [1.82, 2.24) is 9.88 Å². The van der Waals surface area contributed by atoms with E-state index >= 15 is 0 Å². The van der Waals surface area contributed by atoms with E-state index in [0.717, 1.165) is 35.7 Å². The summed E-state index contributed by atoms with van der Waals surface area (Å²) in [5.74, 6) is 0.526. The molecule has 48 heavy (non-hydrogen) atoms. The number of aldehydes is 1. The molecule has 1 atom stereocenters. The summed E-state index contributed by atoms with van der Waals surface area (Å²) in [4.78, 5) is 36.6. The summed E-state index contributed by atoms with van der Waals surface area (Å²) in [6, 6.07) is 44.0. The normalized spacial score (nSPS) is 16.1. The molecule has 6 nitrogen and oxygen atoms in total. The molecule has 0 bridgehead atoms. The van der Waals surface area contributed by atoms with Crippen LogP contribution in [0.3, 0.4) is 0 Å². The molecule has 0 aliphatic carbocycles. The molecule has 0 radical (unpaired) electrons. The maximum absolute atomic E-state index is 13.4. The topological polar surface area (TPSA) is 56.8 Å². The van der Waals surface area contributed by atoms with E-state index in [2.05, 4.69) is 169 Å². The zero-order valence-electron chi connectivity index (χ0n) is 28.3. The molecule has 5 aromatic rings. The molecule has 0 N–H and O–H groups in total. The second-order valence-corrected chi connectivity index (χ2v) is 13.0. The first-order valence-electron chi connectivity index (χ1n) is 16.8. The van der Waals surface area contributed by atoms with Crippen molar-refractivity contribution in [3.05, 3.63) is 161 Å². The molecule has 1 aliphatic rings.